The van der Waals surface area contributed by atoms with Crippen molar-refractivity contribution in [3.8, 4) is 11.3 Å². The zero-order valence-corrected chi connectivity index (χ0v) is 16.7. The van der Waals surface area contributed by atoms with Crippen LogP contribution in [0.2, 0.25) is 0 Å². The maximum atomic E-state index is 14.4. The molecule has 0 radical (unpaired) electrons. The van der Waals surface area contributed by atoms with Crippen LogP contribution in [-0.4, -0.2) is 40.7 Å². The lowest BCUT2D eigenvalue weighted by Gasteiger charge is -2.32. The van der Waals surface area contributed by atoms with Gasteiger partial charge in [0.2, 0.25) is 0 Å². The maximum absolute atomic E-state index is 14.4. The van der Waals surface area contributed by atoms with E-state index in [1.54, 1.807) is 12.1 Å². The van der Waals surface area contributed by atoms with E-state index in [0.29, 0.717) is 11.3 Å². The first-order valence-corrected chi connectivity index (χ1v) is 10.4. The van der Waals surface area contributed by atoms with Gasteiger partial charge in [0.1, 0.15) is 17.7 Å². The van der Waals surface area contributed by atoms with Crippen molar-refractivity contribution in [1.29, 1.82) is 0 Å². The van der Waals surface area contributed by atoms with Crippen molar-refractivity contribution >= 4 is 0 Å². The highest BCUT2D eigenvalue weighted by Gasteiger charge is 2.30. The molecule has 1 unspecified atom stereocenters. The van der Waals surface area contributed by atoms with Crippen LogP contribution in [0.15, 0.2) is 54.7 Å². The number of aryl methyl sites for hydroxylation is 2. The molecule has 1 saturated heterocycles. The van der Waals surface area contributed by atoms with Crippen molar-refractivity contribution in [2.75, 3.05) is 20.1 Å². The second-order valence-corrected chi connectivity index (χ2v) is 8.13. The van der Waals surface area contributed by atoms with Gasteiger partial charge >= 0.3 is 0 Å². The summed E-state index contributed by atoms with van der Waals surface area (Å²) in [6.45, 7) is 2.92. The fourth-order valence-electron chi connectivity index (χ4n) is 4.46. The summed E-state index contributed by atoms with van der Waals surface area (Å²) < 4.78 is 23.2. The Labute approximate surface area is 170 Å². The number of piperidine rings is 1. The van der Waals surface area contributed by atoms with E-state index in [9.17, 15) is 4.39 Å². The Balaban J connectivity index is 1.55. The third kappa shape index (κ3) is 3.61. The van der Waals surface area contributed by atoms with Crippen molar-refractivity contribution in [1.82, 2.24) is 14.5 Å². The van der Waals surface area contributed by atoms with E-state index < -0.39 is 0 Å². The fourth-order valence-corrected chi connectivity index (χ4v) is 4.46. The zero-order valence-electron chi connectivity index (χ0n) is 16.7. The standard InChI is InChI=1S/C24H26FN3O/c1-27-13-11-18(12-14-27)29-23-19-7-3-2-6-17(19)10-15-28-16-22(26-24(23)28)20-8-4-5-9-21(20)25/h2-9,16,18,23H,10-15H2,1H3. The number of nitrogens with zero attached hydrogens (tertiary/aromatic N) is 3. The van der Waals surface area contributed by atoms with E-state index in [0.717, 1.165) is 44.7 Å². The molecule has 0 aliphatic carbocycles. The Morgan fingerprint density at radius 2 is 1.76 bits per heavy atom. The summed E-state index contributed by atoms with van der Waals surface area (Å²) in [6.07, 6.45) is 4.94. The van der Waals surface area contributed by atoms with E-state index in [2.05, 4.69) is 40.8 Å². The number of imidazole rings is 1. The molecule has 5 heteroatoms. The molecule has 0 spiro atoms. The van der Waals surface area contributed by atoms with Gasteiger partial charge in [0, 0.05) is 31.4 Å². The van der Waals surface area contributed by atoms with Crippen molar-refractivity contribution in [2.45, 2.75) is 38.0 Å². The molecule has 0 bridgehead atoms. The third-order valence-electron chi connectivity index (χ3n) is 6.15. The Hall–Kier alpha value is -2.50. The van der Waals surface area contributed by atoms with Crippen LogP contribution in [-0.2, 0) is 17.7 Å². The third-order valence-corrected chi connectivity index (χ3v) is 6.15. The number of rotatable bonds is 3. The SMILES string of the molecule is CN1CCC(OC2c3ccccc3CCn3cc(-c4ccccc4F)nc32)CC1. The molecule has 1 fully saturated rings. The Morgan fingerprint density at radius 3 is 2.59 bits per heavy atom. The number of hydrogen-bond acceptors (Lipinski definition) is 3. The van der Waals surface area contributed by atoms with Gasteiger partial charge in [0.15, 0.2) is 0 Å². The molecule has 0 N–H and O–H groups in total. The smallest absolute Gasteiger partial charge is 0.143 e. The molecule has 3 aromatic rings. The summed E-state index contributed by atoms with van der Waals surface area (Å²) in [5, 5.41) is 0. The molecule has 1 atom stereocenters. The van der Waals surface area contributed by atoms with Crippen LogP contribution in [0.5, 0.6) is 0 Å². The normalized spacial score (nSPS) is 20.1. The van der Waals surface area contributed by atoms with Crippen LogP contribution in [0, 0.1) is 5.82 Å². The van der Waals surface area contributed by atoms with Crippen molar-refractivity contribution < 1.29 is 9.13 Å². The van der Waals surface area contributed by atoms with Crippen LogP contribution < -0.4 is 0 Å². The highest BCUT2D eigenvalue weighted by atomic mass is 19.1. The quantitative estimate of drug-likeness (QED) is 0.661. The lowest BCUT2D eigenvalue weighted by atomic mass is 10.00. The molecule has 150 valence electrons. The Morgan fingerprint density at radius 1 is 1.00 bits per heavy atom. The summed E-state index contributed by atoms with van der Waals surface area (Å²) in [6, 6.07) is 15.3. The first-order valence-electron chi connectivity index (χ1n) is 10.4. The first kappa shape index (κ1) is 18.5. The second kappa shape index (κ2) is 7.73. The molecular formula is C24H26FN3O. The number of benzene rings is 2. The highest BCUT2D eigenvalue weighted by molar-refractivity contribution is 5.59. The maximum Gasteiger partial charge on any atom is 0.143 e. The lowest BCUT2D eigenvalue weighted by molar-refractivity contribution is -0.0275. The molecule has 4 nitrogen and oxygen atoms in total. The van der Waals surface area contributed by atoms with Gasteiger partial charge in [0.25, 0.3) is 0 Å². The van der Waals surface area contributed by atoms with Crippen molar-refractivity contribution in [3.05, 3.63) is 77.5 Å². The zero-order chi connectivity index (χ0) is 19.8. The van der Waals surface area contributed by atoms with E-state index in [-0.39, 0.29) is 18.0 Å². The van der Waals surface area contributed by atoms with Crippen LogP contribution in [0.4, 0.5) is 4.39 Å². The Kier molecular flexibility index (Phi) is 4.94. The van der Waals surface area contributed by atoms with Gasteiger partial charge in [-0.25, -0.2) is 9.37 Å². The molecule has 1 aromatic heterocycles. The van der Waals surface area contributed by atoms with Gasteiger partial charge in [-0.05, 0) is 49.6 Å². The van der Waals surface area contributed by atoms with Gasteiger partial charge in [-0.1, -0.05) is 36.4 Å². The van der Waals surface area contributed by atoms with Gasteiger partial charge in [-0.2, -0.15) is 0 Å². The van der Waals surface area contributed by atoms with E-state index in [1.807, 2.05) is 12.3 Å². The fraction of sp³-hybridized carbons (Fsp3) is 0.375. The largest absolute Gasteiger partial charge is 0.362 e. The average Bonchev–Trinajstić information content (AvgIpc) is 3.10. The minimum atomic E-state index is -0.242. The summed E-state index contributed by atoms with van der Waals surface area (Å²) in [4.78, 5) is 7.24. The predicted molar refractivity (Wildman–Crippen MR) is 111 cm³/mol. The monoisotopic (exact) mass is 391 g/mol. The van der Waals surface area contributed by atoms with Gasteiger partial charge in [0.05, 0.1) is 11.8 Å². The van der Waals surface area contributed by atoms with Crippen LogP contribution >= 0.6 is 0 Å². The van der Waals surface area contributed by atoms with Crippen LogP contribution in [0.3, 0.4) is 0 Å². The van der Waals surface area contributed by atoms with Crippen molar-refractivity contribution in [2.24, 2.45) is 0 Å². The molecular weight excluding hydrogens is 365 g/mol. The predicted octanol–water partition coefficient (Wildman–Crippen LogP) is 4.45. The lowest BCUT2D eigenvalue weighted by Crippen LogP contribution is -2.35. The number of ether oxygens (including phenoxy) is 1. The van der Waals surface area contributed by atoms with Crippen molar-refractivity contribution in [3.63, 3.8) is 0 Å². The molecule has 0 amide bonds. The number of fused-ring (bicyclic) bond motifs is 2. The number of aromatic nitrogens is 2. The molecule has 29 heavy (non-hydrogen) atoms. The highest BCUT2D eigenvalue weighted by Crippen LogP contribution is 2.36. The second-order valence-electron chi connectivity index (χ2n) is 8.13. The summed E-state index contributed by atoms with van der Waals surface area (Å²) in [7, 11) is 2.16. The topological polar surface area (TPSA) is 30.3 Å². The molecule has 2 aliphatic rings. The number of hydrogen-bond donors (Lipinski definition) is 0. The minimum absolute atomic E-state index is 0.212. The Bertz CT molecular complexity index is 1010. The molecule has 2 aromatic carbocycles. The molecule has 2 aliphatic heterocycles. The van der Waals surface area contributed by atoms with Gasteiger partial charge in [-0.15, -0.1) is 0 Å². The summed E-state index contributed by atoms with van der Waals surface area (Å²) >= 11 is 0. The first-order chi connectivity index (χ1) is 14.2. The molecule has 0 saturated carbocycles. The average molecular weight is 391 g/mol. The van der Waals surface area contributed by atoms with Crippen LogP contribution in [0.1, 0.15) is 35.9 Å². The van der Waals surface area contributed by atoms with E-state index in [1.165, 1.54) is 17.2 Å². The van der Waals surface area contributed by atoms with Crippen LogP contribution in [0.25, 0.3) is 11.3 Å². The molecule has 3 heterocycles. The summed E-state index contributed by atoms with van der Waals surface area (Å²) in [5.74, 6) is 0.640. The van der Waals surface area contributed by atoms with Gasteiger partial charge < -0.3 is 14.2 Å². The van der Waals surface area contributed by atoms with Gasteiger partial charge in [-0.3, -0.25) is 0 Å². The minimum Gasteiger partial charge on any atom is -0.362 e. The number of likely N-dealkylation sites (tertiary alicyclic amines) is 1. The van der Waals surface area contributed by atoms with E-state index >= 15 is 0 Å². The summed E-state index contributed by atoms with van der Waals surface area (Å²) in [5.41, 5.74) is 3.72. The molecule has 5 rings (SSSR count). The van der Waals surface area contributed by atoms with E-state index in [4.69, 9.17) is 9.72 Å². The number of halogens is 1.